The summed E-state index contributed by atoms with van der Waals surface area (Å²) in [5.74, 6) is 0. The number of aliphatic hydroxyl groups is 2. The predicted molar refractivity (Wildman–Crippen MR) is 75.9 cm³/mol. The van der Waals surface area contributed by atoms with E-state index in [1.54, 1.807) is 0 Å². The molecular formula is C15H25NO2. The number of aliphatic hydroxyl groups excluding tert-OH is 2. The predicted octanol–water partition coefficient (Wildman–Crippen LogP) is 2.47. The third-order valence-corrected chi connectivity index (χ3v) is 3.48. The summed E-state index contributed by atoms with van der Waals surface area (Å²) in [4.78, 5) is 2.27. The quantitative estimate of drug-likeness (QED) is 0.782. The molecule has 0 amide bonds. The van der Waals surface area contributed by atoms with E-state index in [2.05, 4.69) is 31.7 Å². The van der Waals surface area contributed by atoms with Crippen molar-refractivity contribution >= 4 is 5.69 Å². The van der Waals surface area contributed by atoms with E-state index >= 15 is 0 Å². The smallest absolute Gasteiger partial charge is 0.0681 e. The monoisotopic (exact) mass is 251 g/mol. The molecular weight excluding hydrogens is 226 g/mol. The van der Waals surface area contributed by atoms with Gasteiger partial charge in [0, 0.05) is 18.3 Å². The molecule has 18 heavy (non-hydrogen) atoms. The van der Waals surface area contributed by atoms with Crippen molar-refractivity contribution in [3.63, 3.8) is 0 Å². The molecule has 2 N–H and O–H groups in total. The van der Waals surface area contributed by atoms with Crippen LogP contribution < -0.4 is 4.90 Å². The highest BCUT2D eigenvalue weighted by Gasteiger charge is 2.16. The van der Waals surface area contributed by atoms with Gasteiger partial charge in [0.2, 0.25) is 0 Å². The first-order valence-corrected chi connectivity index (χ1v) is 6.75. The van der Waals surface area contributed by atoms with E-state index in [0.29, 0.717) is 12.6 Å². The van der Waals surface area contributed by atoms with Crippen molar-refractivity contribution < 1.29 is 10.2 Å². The van der Waals surface area contributed by atoms with E-state index in [1.807, 2.05) is 12.1 Å². The maximum Gasteiger partial charge on any atom is 0.0681 e. The Balaban J connectivity index is 3.04. The van der Waals surface area contributed by atoms with Crippen LogP contribution in [-0.2, 0) is 6.61 Å². The zero-order chi connectivity index (χ0) is 13.5. The highest BCUT2D eigenvalue weighted by Crippen LogP contribution is 2.25. The van der Waals surface area contributed by atoms with E-state index in [1.165, 1.54) is 0 Å². The molecule has 0 aliphatic rings. The van der Waals surface area contributed by atoms with Gasteiger partial charge in [-0.15, -0.1) is 0 Å². The van der Waals surface area contributed by atoms with Crippen molar-refractivity contribution in [1.29, 1.82) is 0 Å². The maximum absolute atomic E-state index is 9.25. The Bertz CT molecular complexity index is 362. The summed E-state index contributed by atoms with van der Waals surface area (Å²) in [6.45, 7) is 7.31. The average molecular weight is 251 g/mol. The molecule has 1 aromatic carbocycles. The highest BCUT2D eigenvalue weighted by molar-refractivity contribution is 5.55. The van der Waals surface area contributed by atoms with Crippen LogP contribution in [0.25, 0.3) is 0 Å². The van der Waals surface area contributed by atoms with E-state index < -0.39 is 0 Å². The van der Waals surface area contributed by atoms with Gasteiger partial charge < -0.3 is 15.1 Å². The summed E-state index contributed by atoms with van der Waals surface area (Å²) in [5, 5.41) is 18.4. The van der Waals surface area contributed by atoms with Crippen LogP contribution in [0, 0.1) is 6.92 Å². The van der Waals surface area contributed by atoms with Crippen molar-refractivity contribution in [3.8, 4) is 0 Å². The second-order valence-electron chi connectivity index (χ2n) is 4.67. The highest BCUT2D eigenvalue weighted by atomic mass is 16.3. The minimum Gasteiger partial charge on any atom is -0.395 e. The molecule has 0 radical (unpaired) electrons. The van der Waals surface area contributed by atoms with Gasteiger partial charge in [-0.3, -0.25) is 0 Å². The first-order valence-electron chi connectivity index (χ1n) is 6.75. The van der Waals surface area contributed by atoms with Gasteiger partial charge in [-0.1, -0.05) is 26.0 Å². The zero-order valence-corrected chi connectivity index (χ0v) is 11.7. The van der Waals surface area contributed by atoms with E-state index in [4.69, 9.17) is 5.11 Å². The Morgan fingerprint density at radius 3 is 2.28 bits per heavy atom. The second kappa shape index (κ2) is 7.39. The Morgan fingerprint density at radius 2 is 1.83 bits per heavy atom. The molecule has 1 aromatic rings. The number of hydrogen-bond acceptors (Lipinski definition) is 3. The first kappa shape index (κ1) is 15.0. The minimum absolute atomic E-state index is 0.0755. The topological polar surface area (TPSA) is 43.7 Å². The fourth-order valence-electron chi connectivity index (χ4n) is 2.48. The van der Waals surface area contributed by atoms with Crippen LogP contribution in [0.2, 0.25) is 0 Å². The minimum atomic E-state index is 0.0755. The molecule has 0 aromatic heterocycles. The molecule has 0 heterocycles. The van der Waals surface area contributed by atoms with Crippen molar-refractivity contribution in [2.75, 3.05) is 18.1 Å². The molecule has 102 valence electrons. The van der Waals surface area contributed by atoms with Crippen molar-refractivity contribution in [1.82, 2.24) is 0 Å². The Labute approximate surface area is 110 Å². The fraction of sp³-hybridized carbons (Fsp3) is 0.600. The molecule has 0 fully saturated rings. The van der Waals surface area contributed by atoms with Gasteiger partial charge in [-0.05, 0) is 37.0 Å². The second-order valence-corrected chi connectivity index (χ2v) is 4.67. The third kappa shape index (κ3) is 3.47. The third-order valence-electron chi connectivity index (χ3n) is 3.48. The SMILES string of the molecule is CCC(CC)N(CCO)c1ccc(CO)cc1C. The van der Waals surface area contributed by atoms with Gasteiger partial charge in [0.25, 0.3) is 0 Å². The standard InChI is InChI=1S/C15H25NO2/c1-4-14(5-2)16(8-9-17)15-7-6-13(11-18)10-12(15)3/h6-7,10,14,17-18H,4-5,8-9,11H2,1-3H3. The molecule has 3 nitrogen and oxygen atoms in total. The van der Waals surface area contributed by atoms with Crippen molar-refractivity contribution in [3.05, 3.63) is 29.3 Å². The number of anilines is 1. The molecule has 0 aliphatic heterocycles. The molecule has 0 saturated heterocycles. The van der Waals surface area contributed by atoms with Crippen LogP contribution in [0.3, 0.4) is 0 Å². The van der Waals surface area contributed by atoms with Gasteiger partial charge in [0.1, 0.15) is 0 Å². The summed E-state index contributed by atoms with van der Waals surface area (Å²) >= 11 is 0. The van der Waals surface area contributed by atoms with Crippen LogP contribution in [0.5, 0.6) is 0 Å². The molecule has 0 saturated carbocycles. The van der Waals surface area contributed by atoms with Crippen molar-refractivity contribution in [2.45, 2.75) is 46.3 Å². The molecule has 0 atom stereocenters. The summed E-state index contributed by atoms with van der Waals surface area (Å²) in [5.41, 5.74) is 3.25. The summed E-state index contributed by atoms with van der Waals surface area (Å²) in [7, 11) is 0. The average Bonchev–Trinajstić information content (AvgIpc) is 2.39. The Hall–Kier alpha value is -1.06. The molecule has 0 aliphatic carbocycles. The molecule has 0 unspecified atom stereocenters. The fourth-order valence-corrected chi connectivity index (χ4v) is 2.48. The number of aryl methyl sites for hydroxylation is 1. The lowest BCUT2D eigenvalue weighted by molar-refractivity contribution is 0.281. The van der Waals surface area contributed by atoms with Crippen LogP contribution in [0.15, 0.2) is 18.2 Å². The van der Waals surface area contributed by atoms with E-state index in [9.17, 15) is 5.11 Å². The van der Waals surface area contributed by atoms with E-state index in [0.717, 1.165) is 29.7 Å². The molecule has 0 spiro atoms. The van der Waals surface area contributed by atoms with Crippen LogP contribution in [0.1, 0.15) is 37.8 Å². The van der Waals surface area contributed by atoms with Gasteiger partial charge in [-0.2, -0.15) is 0 Å². The number of hydrogen-bond donors (Lipinski definition) is 2. The summed E-state index contributed by atoms with van der Waals surface area (Å²) in [6.07, 6.45) is 2.13. The lowest BCUT2D eigenvalue weighted by Gasteiger charge is -2.33. The largest absolute Gasteiger partial charge is 0.395 e. The van der Waals surface area contributed by atoms with Crippen LogP contribution >= 0.6 is 0 Å². The van der Waals surface area contributed by atoms with Crippen LogP contribution in [0.4, 0.5) is 5.69 Å². The molecule has 3 heteroatoms. The summed E-state index contributed by atoms with van der Waals surface area (Å²) in [6, 6.07) is 6.47. The zero-order valence-electron chi connectivity index (χ0n) is 11.7. The molecule has 1 rings (SSSR count). The number of rotatable bonds is 7. The molecule has 0 bridgehead atoms. The van der Waals surface area contributed by atoms with E-state index in [-0.39, 0.29) is 13.2 Å². The number of benzene rings is 1. The first-order chi connectivity index (χ1) is 8.67. The Morgan fingerprint density at radius 1 is 1.17 bits per heavy atom. The summed E-state index contributed by atoms with van der Waals surface area (Å²) < 4.78 is 0. The lowest BCUT2D eigenvalue weighted by atomic mass is 10.0. The lowest BCUT2D eigenvalue weighted by Crippen LogP contribution is -2.37. The Kier molecular flexibility index (Phi) is 6.16. The van der Waals surface area contributed by atoms with Crippen molar-refractivity contribution in [2.24, 2.45) is 0 Å². The number of nitrogens with zero attached hydrogens (tertiary/aromatic N) is 1. The maximum atomic E-state index is 9.25. The van der Waals surface area contributed by atoms with Crippen LogP contribution in [-0.4, -0.2) is 29.4 Å². The van der Waals surface area contributed by atoms with Gasteiger partial charge >= 0.3 is 0 Å². The van der Waals surface area contributed by atoms with Gasteiger partial charge in [0.15, 0.2) is 0 Å². The van der Waals surface area contributed by atoms with Gasteiger partial charge in [0.05, 0.1) is 13.2 Å². The van der Waals surface area contributed by atoms with Gasteiger partial charge in [-0.25, -0.2) is 0 Å². The normalized spacial score (nSPS) is 11.0.